The van der Waals surface area contributed by atoms with Crippen LogP contribution in [0.2, 0.25) is 0 Å². The monoisotopic (exact) mass is 394 g/mol. The molecule has 1 aromatic carbocycles. The van der Waals surface area contributed by atoms with Crippen molar-refractivity contribution in [2.24, 2.45) is 5.92 Å². The highest BCUT2D eigenvalue weighted by Gasteiger charge is 2.29. The summed E-state index contributed by atoms with van der Waals surface area (Å²) in [5, 5.41) is 20.0. The minimum absolute atomic E-state index is 0.0298. The van der Waals surface area contributed by atoms with Gasteiger partial charge in [-0.25, -0.2) is 4.39 Å². The lowest BCUT2D eigenvalue weighted by molar-refractivity contribution is -0.384. The average Bonchev–Trinajstić information content (AvgIpc) is 3.14. The van der Waals surface area contributed by atoms with Crippen LogP contribution in [0.4, 0.5) is 15.8 Å². The molecule has 0 saturated heterocycles. The Balaban J connectivity index is 2.41. The third-order valence-electron chi connectivity index (χ3n) is 3.06. The lowest BCUT2D eigenvalue weighted by Crippen LogP contribution is -2.32. The second-order valence-electron chi connectivity index (χ2n) is 4.73. The van der Waals surface area contributed by atoms with Gasteiger partial charge in [0.15, 0.2) is 0 Å². The van der Waals surface area contributed by atoms with Gasteiger partial charge in [0.2, 0.25) is 0 Å². The Morgan fingerprint density at radius 3 is 2.70 bits per heavy atom. The first kappa shape index (κ1) is 14.9. The molecular weight excluding hydrogens is 382 g/mol. The van der Waals surface area contributed by atoms with Crippen LogP contribution < -0.4 is 4.90 Å². The summed E-state index contributed by atoms with van der Waals surface area (Å²) in [7, 11) is 0. The van der Waals surface area contributed by atoms with E-state index in [1.54, 1.807) is 22.6 Å². The van der Waals surface area contributed by atoms with E-state index < -0.39 is 16.7 Å². The number of hydrogen-bond donors (Lipinski definition) is 1. The van der Waals surface area contributed by atoms with E-state index in [1.807, 2.05) is 0 Å². The maximum absolute atomic E-state index is 13.7. The first-order valence-electron chi connectivity index (χ1n) is 5.98. The molecular formula is C12H12FIN2O4. The van der Waals surface area contributed by atoms with E-state index in [-0.39, 0.29) is 21.5 Å². The highest BCUT2D eigenvalue weighted by atomic mass is 127. The van der Waals surface area contributed by atoms with Gasteiger partial charge in [-0.2, -0.15) is 0 Å². The minimum atomic E-state index is -1.10. The maximum atomic E-state index is 13.7. The Morgan fingerprint density at radius 2 is 2.20 bits per heavy atom. The van der Waals surface area contributed by atoms with Gasteiger partial charge in [0.1, 0.15) is 18.0 Å². The van der Waals surface area contributed by atoms with Crippen molar-refractivity contribution in [1.82, 2.24) is 0 Å². The standard InChI is InChI=1S/C12H12FIN2O4/c13-8-3-10(11(16(19)20)4-9(8)14)15(6-12(17)18)5-7-1-2-7/h3-4,7H,1-2,5-6H2,(H,17,18). The van der Waals surface area contributed by atoms with Gasteiger partial charge in [-0.1, -0.05) is 0 Å². The first-order valence-corrected chi connectivity index (χ1v) is 7.06. The topological polar surface area (TPSA) is 83.7 Å². The number of carbonyl (C=O) groups is 1. The quantitative estimate of drug-likeness (QED) is 0.456. The van der Waals surface area contributed by atoms with Crippen LogP contribution in [0, 0.1) is 25.4 Å². The van der Waals surface area contributed by atoms with Crippen molar-refractivity contribution in [1.29, 1.82) is 0 Å². The fourth-order valence-corrected chi connectivity index (χ4v) is 2.40. The number of aliphatic carboxylic acids is 1. The van der Waals surface area contributed by atoms with E-state index in [1.165, 1.54) is 4.90 Å². The summed E-state index contributed by atoms with van der Waals surface area (Å²) in [4.78, 5) is 22.8. The maximum Gasteiger partial charge on any atom is 0.323 e. The largest absolute Gasteiger partial charge is 0.480 e. The molecule has 6 nitrogen and oxygen atoms in total. The van der Waals surface area contributed by atoms with E-state index in [4.69, 9.17) is 5.11 Å². The third-order valence-corrected chi connectivity index (χ3v) is 3.88. The number of nitro benzene ring substituents is 1. The number of benzene rings is 1. The van der Waals surface area contributed by atoms with Gasteiger partial charge in [-0.15, -0.1) is 0 Å². The van der Waals surface area contributed by atoms with Crippen molar-refractivity contribution in [2.75, 3.05) is 18.0 Å². The number of nitro groups is 1. The zero-order valence-electron chi connectivity index (χ0n) is 10.4. The van der Waals surface area contributed by atoms with E-state index in [9.17, 15) is 19.3 Å². The summed E-state index contributed by atoms with van der Waals surface area (Å²) in [6, 6.07) is 2.18. The normalized spacial score (nSPS) is 14.1. The molecule has 0 amide bonds. The molecule has 8 heteroatoms. The Kier molecular flexibility index (Phi) is 4.41. The van der Waals surface area contributed by atoms with Crippen LogP contribution in [0.3, 0.4) is 0 Å². The summed E-state index contributed by atoms with van der Waals surface area (Å²) >= 11 is 1.67. The number of hydrogen-bond acceptors (Lipinski definition) is 4. The second-order valence-corrected chi connectivity index (χ2v) is 5.89. The number of anilines is 1. The molecule has 1 saturated carbocycles. The number of nitrogens with zero attached hydrogens (tertiary/aromatic N) is 2. The molecule has 0 spiro atoms. The lowest BCUT2D eigenvalue weighted by atomic mass is 10.2. The van der Waals surface area contributed by atoms with Gasteiger partial charge in [0.05, 0.1) is 8.49 Å². The summed E-state index contributed by atoms with van der Waals surface area (Å²) < 4.78 is 13.8. The molecule has 1 aliphatic rings. The summed E-state index contributed by atoms with van der Waals surface area (Å²) in [5.41, 5.74) is -0.236. The molecule has 1 aliphatic carbocycles. The van der Waals surface area contributed by atoms with Gasteiger partial charge >= 0.3 is 5.97 Å². The predicted molar refractivity (Wildman–Crippen MR) is 78.3 cm³/mol. The molecule has 2 rings (SSSR count). The molecule has 20 heavy (non-hydrogen) atoms. The van der Waals surface area contributed by atoms with Crippen molar-refractivity contribution < 1.29 is 19.2 Å². The molecule has 0 bridgehead atoms. The van der Waals surface area contributed by atoms with Gasteiger partial charge in [-0.3, -0.25) is 14.9 Å². The highest BCUT2D eigenvalue weighted by Crippen LogP contribution is 2.36. The smallest absolute Gasteiger partial charge is 0.323 e. The molecule has 0 radical (unpaired) electrons. The van der Waals surface area contributed by atoms with Gasteiger partial charge in [0, 0.05) is 18.7 Å². The third kappa shape index (κ3) is 3.56. The summed E-state index contributed by atoms with van der Waals surface area (Å²) in [6.45, 7) is 0.0184. The SMILES string of the molecule is O=C(O)CN(CC1CC1)c1cc(F)c(I)cc1[N+](=O)[O-]. The van der Waals surface area contributed by atoms with E-state index in [0.29, 0.717) is 12.5 Å². The molecule has 1 N–H and O–H groups in total. The number of rotatable bonds is 6. The highest BCUT2D eigenvalue weighted by molar-refractivity contribution is 14.1. The lowest BCUT2D eigenvalue weighted by Gasteiger charge is -2.22. The Bertz CT molecular complexity index is 563. The van der Waals surface area contributed by atoms with Crippen LogP contribution in [0.25, 0.3) is 0 Å². The molecule has 0 atom stereocenters. The Hall–Kier alpha value is -1.45. The number of carboxylic acids is 1. The number of halogens is 2. The van der Waals surface area contributed by atoms with E-state index >= 15 is 0 Å². The Morgan fingerprint density at radius 1 is 1.55 bits per heavy atom. The van der Waals surface area contributed by atoms with Crippen LogP contribution in [0.15, 0.2) is 12.1 Å². The summed E-state index contributed by atoms with van der Waals surface area (Å²) in [6.07, 6.45) is 1.94. The predicted octanol–water partition coefficient (Wildman–Crippen LogP) is 2.64. The molecule has 108 valence electrons. The molecule has 0 heterocycles. The van der Waals surface area contributed by atoms with Crippen LogP contribution in [0.5, 0.6) is 0 Å². The van der Waals surface area contributed by atoms with Crippen molar-refractivity contribution in [3.8, 4) is 0 Å². The van der Waals surface area contributed by atoms with Crippen LogP contribution in [-0.4, -0.2) is 29.1 Å². The van der Waals surface area contributed by atoms with Crippen molar-refractivity contribution in [2.45, 2.75) is 12.8 Å². The van der Waals surface area contributed by atoms with E-state index in [0.717, 1.165) is 25.0 Å². The van der Waals surface area contributed by atoms with Crippen molar-refractivity contribution in [3.63, 3.8) is 0 Å². The van der Waals surface area contributed by atoms with Gasteiger partial charge < -0.3 is 10.0 Å². The van der Waals surface area contributed by atoms with Gasteiger partial charge in [-0.05, 0) is 41.4 Å². The van der Waals surface area contributed by atoms with Crippen molar-refractivity contribution >= 4 is 39.9 Å². The average molecular weight is 394 g/mol. The van der Waals surface area contributed by atoms with Crippen LogP contribution in [0.1, 0.15) is 12.8 Å². The Labute approximate surface area is 127 Å². The minimum Gasteiger partial charge on any atom is -0.480 e. The molecule has 0 unspecified atom stereocenters. The fraction of sp³-hybridized carbons (Fsp3) is 0.417. The molecule has 1 fully saturated rings. The van der Waals surface area contributed by atoms with Crippen LogP contribution in [-0.2, 0) is 4.79 Å². The zero-order chi connectivity index (χ0) is 14.9. The summed E-state index contributed by atoms with van der Waals surface area (Å²) in [5.74, 6) is -1.35. The molecule has 0 aromatic heterocycles. The molecule has 1 aromatic rings. The van der Waals surface area contributed by atoms with Crippen LogP contribution >= 0.6 is 22.6 Å². The van der Waals surface area contributed by atoms with Crippen molar-refractivity contribution in [3.05, 3.63) is 31.6 Å². The second kappa shape index (κ2) is 5.90. The van der Waals surface area contributed by atoms with Gasteiger partial charge in [0.25, 0.3) is 5.69 Å². The fourth-order valence-electron chi connectivity index (χ4n) is 1.95. The number of carboxylic acid groups (broad SMARTS) is 1. The van der Waals surface area contributed by atoms with E-state index in [2.05, 4.69) is 0 Å². The zero-order valence-corrected chi connectivity index (χ0v) is 12.5. The molecule has 0 aliphatic heterocycles. The first-order chi connectivity index (χ1) is 9.38.